The number of rotatable bonds is 3. The predicted molar refractivity (Wildman–Crippen MR) is 194 cm³/mol. The minimum atomic E-state index is -2.38. The Bertz CT molecular complexity index is 1380. The molecule has 0 aromatic heterocycles. The molecule has 8 N–H and O–H groups in total. The number of carboxylic acid groups (broad SMARTS) is 2. The fourth-order valence-corrected chi connectivity index (χ4v) is 6.72. The van der Waals surface area contributed by atoms with Crippen molar-refractivity contribution in [2.45, 2.75) is 70.0 Å². The topological polar surface area (TPSA) is 163 Å². The van der Waals surface area contributed by atoms with E-state index in [2.05, 4.69) is 73.1 Å². The Hall–Kier alpha value is -2.73. The summed E-state index contributed by atoms with van der Waals surface area (Å²) in [5.74, 6) is -1.98. The highest BCUT2D eigenvalue weighted by atomic mass is 35.5. The Balaban J connectivity index is 0.000000231. The van der Waals surface area contributed by atoms with Crippen molar-refractivity contribution >= 4 is 46.7 Å². The molecule has 0 saturated carbocycles. The van der Waals surface area contributed by atoms with E-state index >= 15 is 0 Å². The lowest BCUT2D eigenvalue weighted by molar-refractivity contribution is -0.655. The van der Waals surface area contributed by atoms with Crippen LogP contribution in [0.2, 0.25) is 15.1 Å². The number of nitrogens with one attached hydrogen (secondary N) is 1. The average Bonchev–Trinajstić information content (AvgIpc) is 3.46. The number of carbonyl (C=O) groups is 2. The third-order valence-corrected chi connectivity index (χ3v) is 9.71. The van der Waals surface area contributed by atoms with Crippen LogP contribution in [0.4, 0.5) is 0 Å². The Labute approximate surface area is 305 Å². The van der Waals surface area contributed by atoms with Gasteiger partial charge in [0.1, 0.15) is 6.10 Å². The SMILES string of the molecule is CC1CNCCc2ccc(Cl)cc21.C[C@H]1C[NH2+]CCc2ccc(Cl)cc21.C[C@H]1C[NH2+]CCc2ccc(Cl)cc21.O=C([O-])[C@H](O)[C@@H](O)C(=O)O.[HH]. The van der Waals surface area contributed by atoms with Crippen LogP contribution >= 0.6 is 34.8 Å². The molecule has 3 heterocycles. The van der Waals surface area contributed by atoms with Crippen LogP contribution in [0.1, 0.15) is 73.3 Å². The zero-order valence-corrected chi connectivity index (χ0v) is 30.6. The van der Waals surface area contributed by atoms with Gasteiger partial charge in [0, 0.05) is 47.7 Å². The first-order valence-corrected chi connectivity index (χ1v) is 17.9. The van der Waals surface area contributed by atoms with E-state index in [0.717, 1.165) is 34.6 Å². The number of nitrogens with two attached hydrogens (primary N) is 2. The standard InChI is InChI=1S/3C11H14ClN.C4H6O6.H2/c3*1-8-7-13-5-4-9-2-3-10(12)6-11(8)9;5-1(3(7)8)2(6)4(9)10;/h3*2-3,6,8,13H,4-5,7H2,1H3;1-2,5-6H,(H,7,8)(H,9,10);1H/p+1/t2*8-;;1-,2-;/m00.1./s1. The van der Waals surface area contributed by atoms with E-state index in [9.17, 15) is 14.7 Å². The van der Waals surface area contributed by atoms with E-state index < -0.39 is 24.1 Å². The molecule has 0 fully saturated rings. The van der Waals surface area contributed by atoms with E-state index in [-0.39, 0.29) is 1.43 Å². The average molecular weight is 740 g/mol. The van der Waals surface area contributed by atoms with Crippen molar-refractivity contribution in [2.24, 2.45) is 0 Å². The van der Waals surface area contributed by atoms with Crippen LogP contribution in [0, 0.1) is 0 Å². The summed E-state index contributed by atoms with van der Waals surface area (Å²) in [4.78, 5) is 19.4. The first kappa shape index (κ1) is 40.7. The minimum absolute atomic E-state index is 0. The van der Waals surface area contributed by atoms with Gasteiger partial charge in [0.05, 0.1) is 32.1 Å². The van der Waals surface area contributed by atoms with Gasteiger partial charge in [0.2, 0.25) is 0 Å². The monoisotopic (exact) mass is 738 g/mol. The predicted octanol–water partition coefficient (Wildman–Crippen LogP) is 2.50. The van der Waals surface area contributed by atoms with Gasteiger partial charge in [-0.1, -0.05) is 73.8 Å². The van der Waals surface area contributed by atoms with Gasteiger partial charge in [-0.15, -0.1) is 0 Å². The number of aliphatic hydroxyl groups excluding tert-OH is 2. The summed E-state index contributed by atoms with van der Waals surface area (Å²) in [5.41, 5.74) is 8.71. The molecule has 0 bridgehead atoms. The molecule has 0 amide bonds. The smallest absolute Gasteiger partial charge is 0.335 e. The third kappa shape index (κ3) is 12.8. The quantitative estimate of drug-likeness (QED) is 0.241. The molecule has 9 nitrogen and oxygen atoms in total. The Morgan fingerprint density at radius 2 is 1.14 bits per heavy atom. The molecule has 12 heteroatoms. The summed E-state index contributed by atoms with van der Waals surface area (Å²) in [6.45, 7) is 13.7. The first-order valence-electron chi connectivity index (χ1n) is 16.8. The van der Waals surface area contributed by atoms with Crippen LogP contribution < -0.4 is 21.1 Å². The molecular formula is C37H51Cl3N3O6+. The fourth-order valence-electron chi connectivity index (χ4n) is 6.18. The first-order chi connectivity index (χ1) is 23.3. The molecule has 3 aliphatic heterocycles. The molecule has 3 aromatic rings. The highest BCUT2D eigenvalue weighted by Crippen LogP contribution is 2.26. The van der Waals surface area contributed by atoms with Gasteiger partial charge >= 0.3 is 5.97 Å². The molecule has 3 aromatic carbocycles. The lowest BCUT2D eigenvalue weighted by Crippen LogP contribution is -2.85. The molecule has 0 aliphatic carbocycles. The van der Waals surface area contributed by atoms with Crippen LogP contribution in [-0.4, -0.2) is 78.7 Å². The van der Waals surface area contributed by atoms with Crippen molar-refractivity contribution in [3.05, 3.63) is 103 Å². The van der Waals surface area contributed by atoms with Gasteiger partial charge in [0.15, 0.2) is 6.10 Å². The fraction of sp³-hybridized carbons (Fsp3) is 0.459. The van der Waals surface area contributed by atoms with E-state index in [1.807, 2.05) is 18.2 Å². The van der Waals surface area contributed by atoms with E-state index in [1.165, 1.54) is 72.4 Å². The largest absolute Gasteiger partial charge is 0.547 e. The van der Waals surface area contributed by atoms with Crippen molar-refractivity contribution in [3.63, 3.8) is 0 Å². The third-order valence-electron chi connectivity index (χ3n) is 9.01. The van der Waals surface area contributed by atoms with Crippen molar-refractivity contribution in [1.29, 1.82) is 0 Å². The Kier molecular flexibility index (Phi) is 16.8. The molecule has 0 saturated heterocycles. The second-order valence-corrected chi connectivity index (χ2v) is 14.2. The van der Waals surface area contributed by atoms with Crippen LogP contribution in [0.15, 0.2) is 54.6 Å². The lowest BCUT2D eigenvalue weighted by Gasteiger charge is -2.13. The van der Waals surface area contributed by atoms with Crippen LogP contribution in [-0.2, 0) is 28.9 Å². The maximum atomic E-state index is 9.74. The maximum absolute atomic E-state index is 9.74. The van der Waals surface area contributed by atoms with Gasteiger partial charge in [-0.2, -0.15) is 0 Å². The normalized spacial score (nSPS) is 20.9. The van der Waals surface area contributed by atoms with Gasteiger partial charge < -0.3 is 41.2 Å². The van der Waals surface area contributed by atoms with Gasteiger partial charge in [-0.3, -0.25) is 0 Å². The molecule has 0 spiro atoms. The molecule has 1 unspecified atom stereocenters. The van der Waals surface area contributed by atoms with Crippen molar-refractivity contribution in [3.8, 4) is 0 Å². The number of carboxylic acids is 2. The summed E-state index contributed by atoms with van der Waals surface area (Å²) < 4.78 is 0. The molecular weight excluding hydrogens is 689 g/mol. The van der Waals surface area contributed by atoms with E-state index in [4.69, 9.17) is 50.1 Å². The number of quaternary nitrogens is 2. The highest BCUT2D eigenvalue weighted by molar-refractivity contribution is 6.31. The number of carbonyl (C=O) groups excluding carboxylic acids is 1. The maximum Gasteiger partial charge on any atom is 0.335 e. The molecule has 5 atom stereocenters. The van der Waals surface area contributed by atoms with Crippen molar-refractivity contribution < 1.29 is 42.1 Å². The number of aliphatic hydroxyl groups is 2. The van der Waals surface area contributed by atoms with Crippen molar-refractivity contribution in [2.75, 3.05) is 39.3 Å². The lowest BCUT2D eigenvalue weighted by atomic mass is 9.96. The molecule has 49 heavy (non-hydrogen) atoms. The second-order valence-electron chi connectivity index (χ2n) is 12.9. The molecule has 0 radical (unpaired) electrons. The number of hydrogen-bond donors (Lipinski definition) is 6. The molecule has 6 rings (SSSR count). The summed E-state index contributed by atoms with van der Waals surface area (Å²) in [6, 6.07) is 18.8. The van der Waals surface area contributed by atoms with Crippen LogP contribution in [0.5, 0.6) is 0 Å². The summed E-state index contributed by atoms with van der Waals surface area (Å²) in [6.07, 6.45) is -1.23. The summed E-state index contributed by atoms with van der Waals surface area (Å²) >= 11 is 17.9. The number of aliphatic carboxylic acids is 2. The Morgan fingerprint density at radius 3 is 1.53 bits per heavy atom. The zero-order valence-electron chi connectivity index (χ0n) is 28.3. The number of hydrogen-bond acceptors (Lipinski definition) is 6. The molecule has 270 valence electrons. The van der Waals surface area contributed by atoms with E-state index in [1.54, 1.807) is 0 Å². The van der Waals surface area contributed by atoms with E-state index in [0.29, 0.717) is 17.8 Å². The zero-order chi connectivity index (χ0) is 36.1. The Morgan fingerprint density at radius 1 is 0.735 bits per heavy atom. The molecule has 3 aliphatic rings. The highest BCUT2D eigenvalue weighted by Gasteiger charge is 2.24. The summed E-state index contributed by atoms with van der Waals surface area (Å²) in [7, 11) is 0. The van der Waals surface area contributed by atoms with Crippen LogP contribution in [0.25, 0.3) is 0 Å². The summed E-state index contributed by atoms with van der Waals surface area (Å²) in [5, 5.41) is 44.9. The van der Waals surface area contributed by atoms with Gasteiger partial charge in [-0.25, -0.2) is 4.79 Å². The number of benzene rings is 3. The second kappa shape index (κ2) is 20.2. The van der Waals surface area contributed by atoms with Crippen molar-refractivity contribution in [1.82, 2.24) is 5.32 Å². The minimum Gasteiger partial charge on any atom is -0.547 e. The van der Waals surface area contributed by atoms with Gasteiger partial charge in [0.25, 0.3) is 0 Å². The number of fused-ring (bicyclic) bond motifs is 3. The van der Waals surface area contributed by atoms with Crippen LogP contribution in [0.3, 0.4) is 0 Å². The van der Waals surface area contributed by atoms with Gasteiger partial charge in [-0.05, 0) is 88.7 Å². The number of halogens is 3.